The molecule has 0 spiro atoms. The number of hydrogen-bond donors (Lipinski definition) is 1. The van der Waals surface area contributed by atoms with Gasteiger partial charge < -0.3 is 10.2 Å². The zero-order valence-electron chi connectivity index (χ0n) is 11.7. The van der Waals surface area contributed by atoms with Crippen LogP contribution in [0.1, 0.15) is 52.4 Å². The fraction of sp³-hybridized carbons (Fsp3) is 0.800. The zero-order valence-corrected chi connectivity index (χ0v) is 11.7. The van der Waals surface area contributed by atoms with Crippen molar-refractivity contribution in [2.45, 2.75) is 64.5 Å². The van der Waals surface area contributed by atoms with Crippen molar-refractivity contribution in [3.05, 3.63) is 11.6 Å². The van der Waals surface area contributed by atoms with Crippen LogP contribution in [0.3, 0.4) is 0 Å². The molecular weight excluding hydrogens is 224 g/mol. The number of nitrogens with one attached hydrogen (secondary N) is 1. The Morgan fingerprint density at radius 3 is 2.94 bits per heavy atom. The van der Waals surface area contributed by atoms with E-state index in [0.717, 1.165) is 25.9 Å². The normalized spacial score (nSPS) is 24.8. The van der Waals surface area contributed by atoms with Crippen LogP contribution >= 0.6 is 0 Å². The van der Waals surface area contributed by atoms with Crippen molar-refractivity contribution in [3.63, 3.8) is 0 Å². The highest BCUT2D eigenvalue weighted by atomic mass is 16.2. The van der Waals surface area contributed by atoms with E-state index in [2.05, 4.69) is 25.2 Å². The van der Waals surface area contributed by atoms with Gasteiger partial charge in [0.1, 0.15) is 0 Å². The van der Waals surface area contributed by atoms with Crippen LogP contribution in [0.4, 0.5) is 0 Å². The van der Waals surface area contributed by atoms with Crippen molar-refractivity contribution in [3.8, 4) is 0 Å². The summed E-state index contributed by atoms with van der Waals surface area (Å²) < 4.78 is 0. The summed E-state index contributed by atoms with van der Waals surface area (Å²) in [5, 5.41) is 3.35. The molecule has 3 heteroatoms. The number of hydrogen-bond acceptors (Lipinski definition) is 2. The van der Waals surface area contributed by atoms with Gasteiger partial charge >= 0.3 is 0 Å². The molecule has 0 saturated carbocycles. The lowest BCUT2D eigenvalue weighted by atomic mass is 9.97. The Morgan fingerprint density at radius 1 is 1.44 bits per heavy atom. The second kappa shape index (κ2) is 6.37. The monoisotopic (exact) mass is 250 g/mol. The highest BCUT2D eigenvalue weighted by Crippen LogP contribution is 2.21. The molecule has 1 unspecified atom stereocenters. The average molecular weight is 250 g/mol. The maximum atomic E-state index is 12.2. The highest BCUT2D eigenvalue weighted by molar-refractivity contribution is 5.84. The molecule has 102 valence electrons. The lowest BCUT2D eigenvalue weighted by Gasteiger charge is -2.20. The molecule has 2 rings (SSSR count). The lowest BCUT2D eigenvalue weighted by molar-refractivity contribution is -0.129. The van der Waals surface area contributed by atoms with Crippen LogP contribution in [0.25, 0.3) is 0 Å². The van der Waals surface area contributed by atoms with Gasteiger partial charge in [0.15, 0.2) is 0 Å². The van der Waals surface area contributed by atoms with E-state index in [4.69, 9.17) is 0 Å². The molecule has 3 nitrogen and oxygen atoms in total. The summed E-state index contributed by atoms with van der Waals surface area (Å²) in [6.07, 6.45) is 9.59. The molecule has 18 heavy (non-hydrogen) atoms. The quantitative estimate of drug-likeness (QED) is 0.760. The van der Waals surface area contributed by atoms with Gasteiger partial charge in [-0.2, -0.15) is 0 Å². The van der Waals surface area contributed by atoms with Gasteiger partial charge in [-0.3, -0.25) is 4.79 Å². The molecule has 2 aliphatic rings. The third-order valence-electron chi connectivity index (χ3n) is 3.92. The minimum absolute atomic E-state index is 0.0605. The standard InChI is InChI=1S/C15H26N2O/c1-12(2)16-14-9-11-17(15(14)18)10-8-13-6-4-3-5-7-13/h6,12,14,16H,3-5,7-11H2,1-2H3. The van der Waals surface area contributed by atoms with Gasteiger partial charge in [-0.05, 0) is 38.5 Å². The van der Waals surface area contributed by atoms with Crippen molar-refractivity contribution < 1.29 is 4.79 Å². The number of allylic oxidation sites excluding steroid dienone is 1. The molecule has 1 aliphatic carbocycles. The molecule has 0 radical (unpaired) electrons. The summed E-state index contributed by atoms with van der Waals surface area (Å²) in [6, 6.07) is 0.449. The second-order valence-electron chi connectivity index (χ2n) is 5.85. The zero-order chi connectivity index (χ0) is 13.0. The first-order valence-corrected chi connectivity index (χ1v) is 7.39. The van der Waals surface area contributed by atoms with E-state index in [0.29, 0.717) is 11.9 Å². The Bertz CT molecular complexity index is 322. The summed E-state index contributed by atoms with van der Waals surface area (Å²) in [7, 11) is 0. The van der Waals surface area contributed by atoms with Crippen molar-refractivity contribution >= 4 is 5.91 Å². The summed E-state index contributed by atoms with van der Waals surface area (Å²) in [4.78, 5) is 14.2. The molecule has 1 N–H and O–H groups in total. The Kier molecular flexibility index (Phi) is 4.81. The molecule has 1 atom stereocenters. The molecule has 1 fully saturated rings. The highest BCUT2D eigenvalue weighted by Gasteiger charge is 2.31. The van der Waals surface area contributed by atoms with Gasteiger partial charge in [-0.15, -0.1) is 0 Å². The number of likely N-dealkylation sites (tertiary alicyclic amines) is 1. The number of amides is 1. The predicted molar refractivity (Wildman–Crippen MR) is 74.4 cm³/mol. The molecule has 0 aromatic heterocycles. The fourth-order valence-corrected chi connectivity index (χ4v) is 2.93. The third kappa shape index (κ3) is 3.58. The SMILES string of the molecule is CC(C)NC1CCN(CCC2=CCCCC2)C1=O. The van der Waals surface area contributed by atoms with E-state index in [1.54, 1.807) is 5.57 Å². The Labute approximate surface area is 111 Å². The summed E-state index contributed by atoms with van der Waals surface area (Å²) >= 11 is 0. The maximum absolute atomic E-state index is 12.2. The Morgan fingerprint density at radius 2 is 2.28 bits per heavy atom. The van der Waals surface area contributed by atoms with Gasteiger partial charge in [0.05, 0.1) is 6.04 Å². The first kappa shape index (κ1) is 13.6. The number of nitrogens with zero attached hydrogens (tertiary/aromatic N) is 1. The third-order valence-corrected chi connectivity index (χ3v) is 3.92. The van der Waals surface area contributed by atoms with Gasteiger partial charge in [-0.25, -0.2) is 0 Å². The van der Waals surface area contributed by atoms with E-state index < -0.39 is 0 Å². The lowest BCUT2D eigenvalue weighted by Crippen LogP contribution is -2.41. The largest absolute Gasteiger partial charge is 0.341 e. The first-order chi connectivity index (χ1) is 8.66. The molecule has 0 aromatic carbocycles. The number of carbonyl (C=O) groups is 1. The Hall–Kier alpha value is -0.830. The second-order valence-corrected chi connectivity index (χ2v) is 5.85. The summed E-state index contributed by atoms with van der Waals surface area (Å²) in [6.45, 7) is 6.04. The molecule has 0 bridgehead atoms. The first-order valence-electron chi connectivity index (χ1n) is 7.39. The van der Waals surface area contributed by atoms with Gasteiger partial charge in [0.2, 0.25) is 5.91 Å². The van der Waals surface area contributed by atoms with Crippen LogP contribution in [0.2, 0.25) is 0 Å². The van der Waals surface area contributed by atoms with Crippen LogP contribution in [-0.4, -0.2) is 36.0 Å². The van der Waals surface area contributed by atoms with E-state index in [1.165, 1.54) is 25.7 Å². The minimum Gasteiger partial charge on any atom is -0.341 e. The number of rotatable bonds is 5. The van der Waals surface area contributed by atoms with Crippen molar-refractivity contribution in [1.82, 2.24) is 10.2 Å². The maximum Gasteiger partial charge on any atom is 0.239 e. The van der Waals surface area contributed by atoms with Crippen LogP contribution in [0.15, 0.2) is 11.6 Å². The molecule has 1 heterocycles. The molecule has 1 aliphatic heterocycles. The van der Waals surface area contributed by atoms with E-state index in [-0.39, 0.29) is 6.04 Å². The predicted octanol–water partition coefficient (Wildman–Crippen LogP) is 2.48. The molecule has 1 amide bonds. The van der Waals surface area contributed by atoms with Gasteiger partial charge in [0, 0.05) is 19.1 Å². The number of carbonyl (C=O) groups excluding carboxylic acids is 1. The van der Waals surface area contributed by atoms with Gasteiger partial charge in [-0.1, -0.05) is 25.5 Å². The van der Waals surface area contributed by atoms with Crippen molar-refractivity contribution in [2.24, 2.45) is 0 Å². The molecule has 0 aromatic rings. The van der Waals surface area contributed by atoms with E-state index >= 15 is 0 Å². The van der Waals surface area contributed by atoms with Crippen molar-refractivity contribution in [2.75, 3.05) is 13.1 Å². The van der Waals surface area contributed by atoms with Crippen molar-refractivity contribution in [1.29, 1.82) is 0 Å². The van der Waals surface area contributed by atoms with E-state index in [1.807, 2.05) is 4.90 Å². The van der Waals surface area contributed by atoms with E-state index in [9.17, 15) is 4.79 Å². The molecular formula is C15H26N2O. The van der Waals surface area contributed by atoms with Crippen LogP contribution < -0.4 is 5.32 Å². The van der Waals surface area contributed by atoms with Crippen LogP contribution in [0.5, 0.6) is 0 Å². The topological polar surface area (TPSA) is 32.3 Å². The summed E-state index contributed by atoms with van der Waals surface area (Å²) in [5.74, 6) is 0.306. The van der Waals surface area contributed by atoms with Crippen LogP contribution in [0, 0.1) is 0 Å². The van der Waals surface area contributed by atoms with Gasteiger partial charge in [0.25, 0.3) is 0 Å². The summed E-state index contributed by atoms with van der Waals surface area (Å²) in [5.41, 5.74) is 1.56. The Balaban J connectivity index is 1.77. The van der Waals surface area contributed by atoms with Crippen LogP contribution in [-0.2, 0) is 4.79 Å². The molecule has 1 saturated heterocycles. The minimum atomic E-state index is 0.0605. The fourth-order valence-electron chi connectivity index (χ4n) is 2.93. The average Bonchev–Trinajstić information content (AvgIpc) is 2.69. The smallest absolute Gasteiger partial charge is 0.239 e.